The van der Waals surface area contributed by atoms with Crippen LogP contribution in [-0.4, -0.2) is 50.4 Å². The quantitative estimate of drug-likeness (QED) is 0.241. The molecule has 226 valence electrons. The van der Waals surface area contributed by atoms with E-state index in [0.717, 1.165) is 9.87 Å². The van der Waals surface area contributed by atoms with Crippen molar-refractivity contribution in [2.24, 2.45) is 0 Å². The van der Waals surface area contributed by atoms with Crippen LogP contribution in [0, 0.1) is 6.92 Å². The first kappa shape index (κ1) is 33.2. The molecule has 11 heteroatoms. The zero-order valence-corrected chi connectivity index (χ0v) is 26.8. The summed E-state index contributed by atoms with van der Waals surface area (Å²) in [7, 11) is -4.25. The predicted octanol–water partition coefficient (Wildman–Crippen LogP) is 6.23. The summed E-state index contributed by atoms with van der Waals surface area (Å²) in [6, 6.07) is 16.9. The van der Waals surface area contributed by atoms with Crippen molar-refractivity contribution in [3.8, 4) is 5.75 Å². The first-order chi connectivity index (χ1) is 19.9. The van der Waals surface area contributed by atoms with E-state index in [0.29, 0.717) is 27.8 Å². The summed E-state index contributed by atoms with van der Waals surface area (Å²) in [5, 5.41) is 3.54. The van der Waals surface area contributed by atoms with E-state index >= 15 is 0 Å². The van der Waals surface area contributed by atoms with Gasteiger partial charge in [-0.05, 0) is 70.5 Å². The van der Waals surface area contributed by atoms with Crippen molar-refractivity contribution in [2.75, 3.05) is 17.5 Å². The molecule has 2 atom stereocenters. The molecule has 2 amide bonds. The van der Waals surface area contributed by atoms with Gasteiger partial charge in [0.1, 0.15) is 18.3 Å². The molecule has 3 aromatic rings. The van der Waals surface area contributed by atoms with Crippen LogP contribution in [0.15, 0.2) is 71.6 Å². The molecule has 0 aromatic heterocycles. The van der Waals surface area contributed by atoms with Gasteiger partial charge in [-0.2, -0.15) is 0 Å². The lowest BCUT2D eigenvalue weighted by atomic mass is 10.1. The molecule has 8 nitrogen and oxygen atoms in total. The van der Waals surface area contributed by atoms with Gasteiger partial charge in [-0.1, -0.05) is 66.0 Å². The number of carbonyl (C=O) groups excluding carboxylic acids is 2. The number of nitrogens with zero attached hydrogens (tertiary/aromatic N) is 2. The SMILES string of the molecule is CCOc1ccccc1N(CC(=O)N(Cc1c(Cl)cccc1Cl)[C@@H](C)C(=O)N[C@@H](C)CC)S(=O)(=O)c1ccc(C)cc1. The average Bonchev–Trinajstić information content (AvgIpc) is 2.96. The van der Waals surface area contributed by atoms with E-state index in [1.54, 1.807) is 68.4 Å². The van der Waals surface area contributed by atoms with E-state index in [1.165, 1.54) is 17.0 Å². The fraction of sp³-hybridized carbons (Fsp3) is 0.355. The number of anilines is 1. The summed E-state index contributed by atoms with van der Waals surface area (Å²) in [5.74, 6) is -0.713. The van der Waals surface area contributed by atoms with Crippen LogP contribution >= 0.6 is 23.2 Å². The van der Waals surface area contributed by atoms with Crippen LogP contribution in [0.5, 0.6) is 5.75 Å². The Morgan fingerprint density at radius 1 is 0.929 bits per heavy atom. The van der Waals surface area contributed by atoms with Crippen LogP contribution in [-0.2, 0) is 26.2 Å². The third-order valence-corrected chi connectivity index (χ3v) is 9.36. The molecule has 42 heavy (non-hydrogen) atoms. The Balaban J connectivity index is 2.12. The van der Waals surface area contributed by atoms with Gasteiger partial charge in [0.05, 0.1) is 17.2 Å². The molecular formula is C31H37Cl2N3O5S. The van der Waals surface area contributed by atoms with Crippen LogP contribution in [0.1, 0.15) is 45.2 Å². The zero-order chi connectivity index (χ0) is 31.0. The third kappa shape index (κ3) is 7.96. The number of aryl methyl sites for hydroxylation is 1. The van der Waals surface area contributed by atoms with Gasteiger partial charge >= 0.3 is 0 Å². The molecule has 0 aliphatic rings. The Labute approximate surface area is 258 Å². The van der Waals surface area contributed by atoms with E-state index in [-0.39, 0.29) is 35.7 Å². The highest BCUT2D eigenvalue weighted by atomic mass is 35.5. The number of hydrogen-bond acceptors (Lipinski definition) is 5. The zero-order valence-electron chi connectivity index (χ0n) is 24.4. The maximum absolute atomic E-state index is 14.2. The fourth-order valence-corrected chi connectivity index (χ4v) is 6.14. The van der Waals surface area contributed by atoms with Crippen LogP contribution < -0.4 is 14.4 Å². The number of halogens is 2. The second-order valence-electron chi connectivity index (χ2n) is 9.94. The van der Waals surface area contributed by atoms with E-state index in [9.17, 15) is 18.0 Å². The minimum absolute atomic E-state index is 0.00969. The minimum atomic E-state index is -4.25. The van der Waals surface area contributed by atoms with Crippen LogP contribution in [0.25, 0.3) is 0 Å². The summed E-state index contributed by atoms with van der Waals surface area (Å²) in [5.41, 5.74) is 1.52. The molecule has 0 aliphatic heterocycles. The lowest BCUT2D eigenvalue weighted by Gasteiger charge is -2.33. The Hall–Kier alpha value is -3.27. The standard InChI is InChI=1S/C31H37Cl2N3O5S/c1-6-22(4)34-31(38)23(5)35(19-25-26(32)11-10-12-27(25)33)30(37)20-36(28-13-8-9-14-29(28)41-7-2)42(39,40)24-17-15-21(3)16-18-24/h8-18,22-23H,6-7,19-20H2,1-5H3,(H,34,38)/t22-,23-/m0/s1. The van der Waals surface area contributed by atoms with Crippen molar-refractivity contribution in [1.29, 1.82) is 0 Å². The highest BCUT2D eigenvalue weighted by Gasteiger charge is 2.34. The second kappa shape index (κ2) is 14.8. The second-order valence-corrected chi connectivity index (χ2v) is 12.6. The third-order valence-electron chi connectivity index (χ3n) is 6.88. The average molecular weight is 635 g/mol. The van der Waals surface area contributed by atoms with E-state index < -0.39 is 28.5 Å². The Bertz CT molecular complexity index is 1480. The molecule has 0 heterocycles. The van der Waals surface area contributed by atoms with Gasteiger partial charge in [-0.3, -0.25) is 13.9 Å². The molecule has 0 aliphatic carbocycles. The van der Waals surface area contributed by atoms with Crippen molar-refractivity contribution < 1.29 is 22.7 Å². The van der Waals surface area contributed by atoms with Crippen molar-refractivity contribution in [3.63, 3.8) is 0 Å². The number of amides is 2. The van der Waals surface area contributed by atoms with Gasteiger partial charge in [-0.15, -0.1) is 0 Å². The first-order valence-electron chi connectivity index (χ1n) is 13.7. The minimum Gasteiger partial charge on any atom is -0.492 e. The van der Waals surface area contributed by atoms with Crippen molar-refractivity contribution in [3.05, 3.63) is 87.9 Å². The molecule has 0 saturated carbocycles. The van der Waals surface area contributed by atoms with Gasteiger partial charge in [-0.25, -0.2) is 8.42 Å². The Kier molecular flexibility index (Phi) is 11.7. The number of para-hydroxylation sites is 2. The van der Waals surface area contributed by atoms with Crippen LogP contribution in [0.2, 0.25) is 10.0 Å². The first-order valence-corrected chi connectivity index (χ1v) is 15.9. The molecule has 0 bridgehead atoms. The highest BCUT2D eigenvalue weighted by molar-refractivity contribution is 7.92. The van der Waals surface area contributed by atoms with Gasteiger partial charge < -0.3 is 15.0 Å². The molecule has 0 saturated heterocycles. The number of sulfonamides is 1. The van der Waals surface area contributed by atoms with Crippen molar-refractivity contribution >= 4 is 50.7 Å². The normalized spacial score (nSPS) is 12.7. The summed E-state index contributed by atoms with van der Waals surface area (Å²) in [6.45, 7) is 8.59. The van der Waals surface area contributed by atoms with Gasteiger partial charge in [0.2, 0.25) is 11.8 Å². The van der Waals surface area contributed by atoms with Gasteiger partial charge in [0.25, 0.3) is 10.0 Å². The lowest BCUT2D eigenvalue weighted by Crippen LogP contribution is -2.52. The maximum Gasteiger partial charge on any atom is 0.264 e. The number of benzene rings is 3. The molecule has 0 fully saturated rings. The van der Waals surface area contributed by atoms with E-state index in [1.807, 2.05) is 20.8 Å². The molecule has 3 aromatic carbocycles. The highest BCUT2D eigenvalue weighted by Crippen LogP contribution is 2.33. The summed E-state index contributed by atoms with van der Waals surface area (Å²) < 4.78 is 35.0. The van der Waals surface area contributed by atoms with Crippen LogP contribution in [0.4, 0.5) is 5.69 Å². The Morgan fingerprint density at radius 2 is 1.55 bits per heavy atom. The topological polar surface area (TPSA) is 96.0 Å². The Morgan fingerprint density at radius 3 is 2.14 bits per heavy atom. The molecule has 3 rings (SSSR count). The molecule has 0 unspecified atom stereocenters. The molecule has 1 N–H and O–H groups in total. The fourth-order valence-electron chi connectivity index (χ4n) is 4.19. The predicted molar refractivity (Wildman–Crippen MR) is 168 cm³/mol. The van der Waals surface area contributed by atoms with Crippen molar-refractivity contribution in [1.82, 2.24) is 10.2 Å². The summed E-state index contributed by atoms with van der Waals surface area (Å²) in [4.78, 5) is 28.7. The van der Waals surface area contributed by atoms with Crippen molar-refractivity contribution in [2.45, 2.75) is 64.6 Å². The smallest absolute Gasteiger partial charge is 0.264 e. The maximum atomic E-state index is 14.2. The van der Waals surface area contributed by atoms with E-state index in [4.69, 9.17) is 27.9 Å². The summed E-state index contributed by atoms with van der Waals surface area (Å²) in [6.07, 6.45) is 0.694. The number of carbonyl (C=O) groups is 2. The monoisotopic (exact) mass is 633 g/mol. The molecule has 0 spiro atoms. The van der Waals surface area contributed by atoms with Gasteiger partial charge in [0, 0.05) is 28.2 Å². The summed E-state index contributed by atoms with van der Waals surface area (Å²) >= 11 is 12.9. The number of ether oxygens (including phenoxy) is 1. The van der Waals surface area contributed by atoms with E-state index in [2.05, 4.69) is 5.32 Å². The van der Waals surface area contributed by atoms with Gasteiger partial charge in [0.15, 0.2) is 0 Å². The molecule has 0 radical (unpaired) electrons. The largest absolute Gasteiger partial charge is 0.492 e. The lowest BCUT2D eigenvalue weighted by molar-refractivity contribution is -0.139. The number of rotatable bonds is 13. The number of nitrogens with one attached hydrogen (secondary N) is 1. The van der Waals surface area contributed by atoms with Crippen LogP contribution in [0.3, 0.4) is 0 Å². The number of hydrogen-bond donors (Lipinski definition) is 1. The molecular weight excluding hydrogens is 597 g/mol.